The van der Waals surface area contributed by atoms with Gasteiger partial charge in [-0.2, -0.15) is 10.1 Å². The number of aryl methyl sites for hydroxylation is 1. The Labute approximate surface area is 166 Å². The molecule has 1 amide bonds. The lowest BCUT2D eigenvalue weighted by Crippen LogP contribution is -2.23. The molecule has 10 heteroatoms. The topological polar surface area (TPSA) is 121 Å². The molecule has 0 fully saturated rings. The fraction of sp³-hybridized carbons (Fsp3) is 0.316. The minimum atomic E-state index is -0.613. The van der Waals surface area contributed by atoms with Crippen molar-refractivity contribution in [3.05, 3.63) is 53.8 Å². The summed E-state index contributed by atoms with van der Waals surface area (Å²) in [6, 6.07) is 8.09. The zero-order valence-electron chi connectivity index (χ0n) is 16.3. The molecular formula is C19H21N5O5. The van der Waals surface area contributed by atoms with Gasteiger partial charge in [-0.25, -0.2) is 9.48 Å². The Morgan fingerprint density at radius 3 is 2.62 bits per heavy atom. The molecule has 2 heterocycles. The molecule has 0 spiro atoms. The van der Waals surface area contributed by atoms with Gasteiger partial charge in [-0.15, -0.1) is 0 Å². The summed E-state index contributed by atoms with van der Waals surface area (Å²) >= 11 is 0. The number of nitrogens with zero attached hydrogens (tertiary/aromatic N) is 4. The Bertz CT molecular complexity index is 977. The Morgan fingerprint density at radius 2 is 1.97 bits per heavy atom. The first-order valence-electron chi connectivity index (χ1n) is 8.95. The van der Waals surface area contributed by atoms with Crippen molar-refractivity contribution in [3.8, 4) is 5.75 Å². The van der Waals surface area contributed by atoms with Gasteiger partial charge in [0.05, 0.1) is 11.8 Å². The van der Waals surface area contributed by atoms with Crippen LogP contribution in [0, 0.1) is 6.92 Å². The predicted octanol–water partition coefficient (Wildman–Crippen LogP) is 2.53. The van der Waals surface area contributed by atoms with Gasteiger partial charge >= 0.3 is 5.97 Å². The summed E-state index contributed by atoms with van der Waals surface area (Å²) in [5.74, 6) is 0.896. The fourth-order valence-corrected chi connectivity index (χ4v) is 2.45. The van der Waals surface area contributed by atoms with Gasteiger partial charge in [0, 0.05) is 19.0 Å². The van der Waals surface area contributed by atoms with Crippen LogP contribution in [-0.4, -0.2) is 38.4 Å². The average molecular weight is 399 g/mol. The van der Waals surface area contributed by atoms with Crippen LogP contribution < -0.4 is 10.1 Å². The number of carbonyl (C=O) groups is 2. The molecule has 0 saturated heterocycles. The van der Waals surface area contributed by atoms with Gasteiger partial charge in [-0.05, 0) is 38.1 Å². The van der Waals surface area contributed by atoms with E-state index in [0.717, 1.165) is 0 Å². The first kappa shape index (κ1) is 20.1. The first-order chi connectivity index (χ1) is 13.9. The zero-order valence-corrected chi connectivity index (χ0v) is 16.3. The Hall–Kier alpha value is -3.69. The highest BCUT2D eigenvalue weighted by molar-refractivity contribution is 5.95. The van der Waals surface area contributed by atoms with Gasteiger partial charge in [0.2, 0.25) is 11.7 Å². The third-order valence-electron chi connectivity index (χ3n) is 3.79. The van der Waals surface area contributed by atoms with E-state index in [9.17, 15) is 9.59 Å². The minimum absolute atomic E-state index is 0.0904. The summed E-state index contributed by atoms with van der Waals surface area (Å²) in [5, 5.41) is 10.5. The Kier molecular flexibility index (Phi) is 6.22. The van der Waals surface area contributed by atoms with Crippen LogP contribution in [-0.2, 0) is 16.1 Å². The number of carbonyl (C=O) groups excluding carboxylic acids is 2. The highest BCUT2D eigenvalue weighted by atomic mass is 16.5. The van der Waals surface area contributed by atoms with E-state index in [1.54, 1.807) is 48.1 Å². The highest BCUT2D eigenvalue weighted by Gasteiger charge is 2.13. The quantitative estimate of drug-likeness (QED) is 0.574. The monoisotopic (exact) mass is 399 g/mol. The van der Waals surface area contributed by atoms with Crippen molar-refractivity contribution < 1.29 is 23.6 Å². The first-order valence-corrected chi connectivity index (χ1v) is 8.95. The van der Waals surface area contributed by atoms with E-state index in [0.29, 0.717) is 28.8 Å². The number of aromatic nitrogens is 4. The van der Waals surface area contributed by atoms with Crippen molar-refractivity contribution in [2.45, 2.75) is 33.4 Å². The molecule has 0 aliphatic carbocycles. The molecule has 152 valence electrons. The summed E-state index contributed by atoms with van der Waals surface area (Å²) in [5.41, 5.74) is 0.299. The van der Waals surface area contributed by atoms with Crippen molar-refractivity contribution in [1.29, 1.82) is 0 Å². The Balaban J connectivity index is 1.47. The van der Waals surface area contributed by atoms with E-state index < -0.39 is 18.5 Å². The van der Waals surface area contributed by atoms with E-state index in [1.165, 1.54) is 0 Å². The highest BCUT2D eigenvalue weighted by Crippen LogP contribution is 2.15. The molecule has 3 aromatic rings. The van der Waals surface area contributed by atoms with Crippen molar-refractivity contribution in [1.82, 2.24) is 19.9 Å². The molecule has 10 nitrogen and oxygen atoms in total. The fourth-order valence-electron chi connectivity index (χ4n) is 2.45. The van der Waals surface area contributed by atoms with Crippen LogP contribution in [0.3, 0.4) is 0 Å². The second kappa shape index (κ2) is 9.00. The number of hydrogen-bond acceptors (Lipinski definition) is 8. The molecule has 0 bridgehead atoms. The van der Waals surface area contributed by atoms with Gasteiger partial charge in [-0.1, -0.05) is 5.16 Å². The molecule has 0 radical (unpaired) electrons. The number of rotatable bonds is 8. The number of ether oxygens (including phenoxy) is 2. The number of nitrogens with one attached hydrogen (secondary N) is 1. The lowest BCUT2D eigenvalue weighted by atomic mass is 10.2. The summed E-state index contributed by atoms with van der Waals surface area (Å²) in [4.78, 5) is 28.2. The van der Waals surface area contributed by atoms with Crippen LogP contribution in [0.4, 0.5) is 5.82 Å². The molecule has 0 aliphatic rings. The summed E-state index contributed by atoms with van der Waals surface area (Å²) in [6.07, 6.45) is 1.59. The molecule has 3 rings (SSSR count). The van der Waals surface area contributed by atoms with Crippen LogP contribution in [0.25, 0.3) is 0 Å². The second-order valence-corrected chi connectivity index (χ2v) is 6.42. The maximum Gasteiger partial charge on any atom is 0.338 e. The number of esters is 1. The number of anilines is 1. The van der Waals surface area contributed by atoms with Gasteiger partial charge in [-0.3, -0.25) is 4.79 Å². The molecule has 2 aromatic heterocycles. The van der Waals surface area contributed by atoms with Crippen LogP contribution in [0.2, 0.25) is 0 Å². The van der Waals surface area contributed by atoms with E-state index in [-0.39, 0.29) is 12.6 Å². The Morgan fingerprint density at radius 1 is 1.21 bits per heavy atom. The molecule has 1 N–H and O–H groups in total. The summed E-state index contributed by atoms with van der Waals surface area (Å²) < 4.78 is 17.1. The van der Waals surface area contributed by atoms with E-state index in [1.807, 2.05) is 13.8 Å². The largest absolute Gasteiger partial charge is 0.485 e. The summed E-state index contributed by atoms with van der Waals surface area (Å²) in [6.45, 7) is 5.32. The van der Waals surface area contributed by atoms with Gasteiger partial charge in [0.25, 0.3) is 5.91 Å². The van der Waals surface area contributed by atoms with Crippen LogP contribution in [0.1, 0.15) is 42.0 Å². The molecular weight excluding hydrogens is 378 g/mol. The molecule has 0 saturated carbocycles. The van der Waals surface area contributed by atoms with Crippen LogP contribution >= 0.6 is 0 Å². The third kappa shape index (κ3) is 5.41. The summed E-state index contributed by atoms with van der Waals surface area (Å²) in [7, 11) is 0. The zero-order chi connectivity index (χ0) is 20.8. The van der Waals surface area contributed by atoms with E-state index >= 15 is 0 Å². The minimum Gasteiger partial charge on any atom is -0.485 e. The smallest absolute Gasteiger partial charge is 0.338 e. The second-order valence-electron chi connectivity index (χ2n) is 6.42. The van der Waals surface area contributed by atoms with E-state index in [2.05, 4.69) is 20.6 Å². The molecule has 0 unspecified atom stereocenters. The van der Waals surface area contributed by atoms with Crippen molar-refractivity contribution in [2.75, 3.05) is 11.9 Å². The maximum atomic E-state index is 12.1. The lowest BCUT2D eigenvalue weighted by Gasteiger charge is -2.12. The average Bonchev–Trinajstić information content (AvgIpc) is 3.33. The van der Waals surface area contributed by atoms with E-state index in [4.69, 9.17) is 14.0 Å². The number of hydrogen-bond donors (Lipinski definition) is 1. The van der Waals surface area contributed by atoms with Crippen molar-refractivity contribution in [3.63, 3.8) is 0 Å². The predicted molar refractivity (Wildman–Crippen MR) is 101 cm³/mol. The normalized spacial score (nSPS) is 10.8. The molecule has 0 aliphatic heterocycles. The van der Waals surface area contributed by atoms with Crippen molar-refractivity contribution in [2.24, 2.45) is 0 Å². The van der Waals surface area contributed by atoms with Crippen LogP contribution in [0.15, 0.2) is 41.1 Å². The van der Waals surface area contributed by atoms with Gasteiger partial charge in [0.15, 0.2) is 13.2 Å². The maximum absolute atomic E-state index is 12.1. The van der Waals surface area contributed by atoms with Crippen molar-refractivity contribution >= 4 is 17.7 Å². The number of benzene rings is 1. The lowest BCUT2D eigenvalue weighted by molar-refractivity contribution is -0.119. The standard InChI is InChI=1S/C19H21N5O5/c1-12(2)24-17(8-9-20-24)22-18(25)11-28-19(26)14-4-6-15(7-5-14)27-10-16-21-13(3)29-23-16/h4-9,12H,10-11H2,1-3H3,(H,22,25). The third-order valence-corrected chi connectivity index (χ3v) is 3.79. The molecule has 1 aromatic carbocycles. The van der Waals surface area contributed by atoms with Gasteiger partial charge < -0.3 is 19.3 Å². The molecule has 0 atom stereocenters. The van der Waals surface area contributed by atoms with Gasteiger partial charge in [0.1, 0.15) is 11.6 Å². The molecule has 29 heavy (non-hydrogen) atoms. The van der Waals surface area contributed by atoms with Crippen LogP contribution in [0.5, 0.6) is 5.75 Å². The number of amides is 1. The SMILES string of the molecule is Cc1nc(COc2ccc(C(=O)OCC(=O)Nc3ccnn3C(C)C)cc2)no1.